The van der Waals surface area contributed by atoms with Gasteiger partial charge in [0.1, 0.15) is 0 Å². The largest absolute Gasteiger partial charge is 0.368 e. The molecule has 1 heterocycles. The first kappa shape index (κ1) is 17.2. The number of aromatic nitrogens is 1. The molecular weight excluding hydrogens is 274 g/mol. The fourth-order valence-electron chi connectivity index (χ4n) is 1.96. The lowest BCUT2D eigenvalue weighted by Gasteiger charge is -2.25. The lowest BCUT2D eigenvalue weighted by molar-refractivity contribution is 0.553. The molecule has 21 heavy (non-hydrogen) atoms. The average molecular weight is 296 g/mol. The molecule has 0 aliphatic rings. The Labute approximate surface area is 124 Å². The van der Waals surface area contributed by atoms with Gasteiger partial charge in [-0.2, -0.15) is 5.26 Å². The molecule has 1 aromatic heterocycles. The van der Waals surface area contributed by atoms with Crippen LogP contribution in [0.4, 0.5) is 20.4 Å². The van der Waals surface area contributed by atoms with E-state index in [2.05, 4.69) is 10.3 Å². The predicted molar refractivity (Wildman–Crippen MR) is 80.2 cm³/mol. The van der Waals surface area contributed by atoms with Gasteiger partial charge in [0.25, 0.3) is 0 Å². The lowest BCUT2D eigenvalue weighted by atomic mass is 10.2. The van der Waals surface area contributed by atoms with Crippen molar-refractivity contribution in [3.63, 3.8) is 0 Å². The Morgan fingerprint density at radius 2 is 2.10 bits per heavy atom. The highest BCUT2D eigenvalue weighted by atomic mass is 19.1. The summed E-state index contributed by atoms with van der Waals surface area (Å²) >= 11 is 0. The Morgan fingerprint density at radius 3 is 2.67 bits per heavy atom. The van der Waals surface area contributed by atoms with E-state index in [9.17, 15) is 8.78 Å². The zero-order valence-electron chi connectivity index (χ0n) is 12.8. The van der Waals surface area contributed by atoms with Crippen molar-refractivity contribution in [1.82, 2.24) is 4.98 Å². The number of nitriles is 1. The van der Waals surface area contributed by atoms with Crippen LogP contribution in [0, 0.1) is 28.9 Å². The standard InChI is InChI=1S/C15H22F2N4/c1-4-7-19-14-12(16)9-13(17)15(20-14)21(8-5-6-18)10-11(2)3/h9,11H,4-5,7-8,10H2,1-3H3,(H,19,20). The van der Waals surface area contributed by atoms with Gasteiger partial charge in [0, 0.05) is 25.7 Å². The molecule has 4 nitrogen and oxygen atoms in total. The summed E-state index contributed by atoms with van der Waals surface area (Å²) in [6.07, 6.45) is 1.08. The van der Waals surface area contributed by atoms with Crippen LogP contribution in [0.2, 0.25) is 0 Å². The second-order valence-corrected chi connectivity index (χ2v) is 5.30. The molecule has 0 unspecified atom stereocenters. The van der Waals surface area contributed by atoms with Crippen molar-refractivity contribution in [2.24, 2.45) is 5.92 Å². The Kier molecular flexibility index (Phi) is 6.86. The first-order valence-corrected chi connectivity index (χ1v) is 7.21. The first-order chi connectivity index (χ1) is 9.99. The minimum Gasteiger partial charge on any atom is -0.368 e. The van der Waals surface area contributed by atoms with Crippen molar-refractivity contribution in [2.45, 2.75) is 33.6 Å². The summed E-state index contributed by atoms with van der Waals surface area (Å²) in [5.74, 6) is -0.970. The summed E-state index contributed by atoms with van der Waals surface area (Å²) in [6.45, 7) is 7.45. The maximum Gasteiger partial charge on any atom is 0.168 e. The van der Waals surface area contributed by atoms with Crippen molar-refractivity contribution in [3.05, 3.63) is 17.7 Å². The Balaban J connectivity index is 3.07. The normalized spacial score (nSPS) is 10.5. The van der Waals surface area contributed by atoms with E-state index >= 15 is 0 Å². The van der Waals surface area contributed by atoms with E-state index in [-0.39, 0.29) is 24.0 Å². The summed E-state index contributed by atoms with van der Waals surface area (Å²) in [4.78, 5) is 5.77. The first-order valence-electron chi connectivity index (χ1n) is 7.21. The molecule has 0 aliphatic carbocycles. The van der Waals surface area contributed by atoms with Crippen molar-refractivity contribution >= 4 is 11.6 Å². The molecule has 1 rings (SSSR count). The van der Waals surface area contributed by atoms with E-state index in [1.807, 2.05) is 26.8 Å². The topological polar surface area (TPSA) is 52.0 Å². The fourth-order valence-corrected chi connectivity index (χ4v) is 1.96. The van der Waals surface area contributed by atoms with Crippen LogP contribution in [0.3, 0.4) is 0 Å². The monoisotopic (exact) mass is 296 g/mol. The van der Waals surface area contributed by atoms with Crippen LogP contribution in [0.5, 0.6) is 0 Å². The van der Waals surface area contributed by atoms with Gasteiger partial charge in [-0.15, -0.1) is 0 Å². The maximum absolute atomic E-state index is 14.0. The number of pyridine rings is 1. The summed E-state index contributed by atoms with van der Waals surface area (Å²) in [7, 11) is 0. The van der Waals surface area contributed by atoms with E-state index in [0.717, 1.165) is 12.5 Å². The minimum absolute atomic E-state index is 0.0546. The van der Waals surface area contributed by atoms with Crippen LogP contribution < -0.4 is 10.2 Å². The third-order valence-electron chi connectivity index (χ3n) is 2.83. The molecule has 1 aromatic rings. The van der Waals surface area contributed by atoms with E-state index < -0.39 is 11.6 Å². The van der Waals surface area contributed by atoms with Gasteiger partial charge in [-0.3, -0.25) is 0 Å². The number of rotatable bonds is 8. The number of hydrogen-bond acceptors (Lipinski definition) is 4. The quantitative estimate of drug-likeness (QED) is 0.797. The summed E-state index contributed by atoms with van der Waals surface area (Å²) in [6, 6.07) is 2.89. The zero-order valence-corrected chi connectivity index (χ0v) is 12.8. The number of anilines is 2. The van der Waals surface area contributed by atoms with Crippen LogP contribution in [0.1, 0.15) is 33.6 Å². The molecule has 116 valence electrons. The van der Waals surface area contributed by atoms with Gasteiger partial charge in [-0.05, 0) is 12.3 Å². The van der Waals surface area contributed by atoms with Crippen molar-refractivity contribution in [3.8, 4) is 6.07 Å². The number of nitrogens with one attached hydrogen (secondary N) is 1. The highest BCUT2D eigenvalue weighted by molar-refractivity contribution is 5.49. The van der Waals surface area contributed by atoms with E-state index in [4.69, 9.17) is 5.26 Å². The molecule has 0 fully saturated rings. The van der Waals surface area contributed by atoms with Gasteiger partial charge in [0.05, 0.1) is 12.5 Å². The van der Waals surface area contributed by atoms with E-state index in [0.29, 0.717) is 19.6 Å². The van der Waals surface area contributed by atoms with Crippen molar-refractivity contribution in [2.75, 3.05) is 29.9 Å². The highest BCUT2D eigenvalue weighted by Gasteiger charge is 2.18. The van der Waals surface area contributed by atoms with Crippen LogP contribution >= 0.6 is 0 Å². The minimum atomic E-state index is -0.701. The zero-order chi connectivity index (χ0) is 15.8. The van der Waals surface area contributed by atoms with Crippen LogP contribution in [0.15, 0.2) is 6.07 Å². The van der Waals surface area contributed by atoms with Gasteiger partial charge in [-0.25, -0.2) is 13.8 Å². The van der Waals surface area contributed by atoms with Crippen molar-refractivity contribution < 1.29 is 8.78 Å². The molecule has 0 bridgehead atoms. The van der Waals surface area contributed by atoms with Crippen LogP contribution in [0.25, 0.3) is 0 Å². The van der Waals surface area contributed by atoms with Gasteiger partial charge in [0.15, 0.2) is 23.3 Å². The molecule has 0 atom stereocenters. The molecule has 0 aromatic carbocycles. The molecule has 0 saturated carbocycles. The molecule has 0 aliphatic heterocycles. The summed E-state index contributed by atoms with van der Waals surface area (Å²) in [5.41, 5.74) is 0. The number of halogens is 2. The maximum atomic E-state index is 14.0. The van der Waals surface area contributed by atoms with Gasteiger partial charge >= 0.3 is 0 Å². The van der Waals surface area contributed by atoms with Crippen LogP contribution in [-0.4, -0.2) is 24.6 Å². The van der Waals surface area contributed by atoms with E-state index in [1.54, 1.807) is 4.90 Å². The summed E-state index contributed by atoms with van der Waals surface area (Å²) in [5, 5.41) is 11.6. The Morgan fingerprint density at radius 1 is 1.38 bits per heavy atom. The molecule has 1 N–H and O–H groups in total. The Bertz CT molecular complexity index is 497. The van der Waals surface area contributed by atoms with Gasteiger partial charge in [-0.1, -0.05) is 20.8 Å². The van der Waals surface area contributed by atoms with Crippen molar-refractivity contribution in [1.29, 1.82) is 5.26 Å². The second-order valence-electron chi connectivity index (χ2n) is 5.30. The second kappa shape index (κ2) is 8.40. The molecule has 0 spiro atoms. The smallest absolute Gasteiger partial charge is 0.168 e. The molecule has 6 heteroatoms. The highest BCUT2D eigenvalue weighted by Crippen LogP contribution is 2.23. The molecular formula is C15H22F2N4. The third-order valence-corrected chi connectivity index (χ3v) is 2.83. The third kappa shape index (κ3) is 5.18. The summed E-state index contributed by atoms with van der Waals surface area (Å²) < 4.78 is 27.7. The molecule has 0 saturated heterocycles. The molecule has 0 radical (unpaired) electrons. The predicted octanol–water partition coefficient (Wildman–Crippen LogP) is 3.56. The van der Waals surface area contributed by atoms with Gasteiger partial charge < -0.3 is 10.2 Å². The number of hydrogen-bond donors (Lipinski definition) is 1. The molecule has 0 amide bonds. The van der Waals surface area contributed by atoms with Crippen LogP contribution in [-0.2, 0) is 0 Å². The Hall–Kier alpha value is -1.90. The van der Waals surface area contributed by atoms with Gasteiger partial charge in [0.2, 0.25) is 0 Å². The number of nitrogens with zero attached hydrogens (tertiary/aromatic N) is 3. The fraction of sp³-hybridized carbons (Fsp3) is 0.600. The van der Waals surface area contributed by atoms with E-state index in [1.165, 1.54) is 0 Å². The lowest BCUT2D eigenvalue weighted by Crippen LogP contribution is -2.30. The average Bonchev–Trinajstić information content (AvgIpc) is 2.42. The SMILES string of the molecule is CCCNc1nc(N(CCC#N)CC(C)C)c(F)cc1F.